The van der Waals surface area contributed by atoms with Gasteiger partial charge in [-0.15, -0.1) is 0 Å². The van der Waals surface area contributed by atoms with Crippen molar-refractivity contribution >= 4 is 23.4 Å². The summed E-state index contributed by atoms with van der Waals surface area (Å²) < 4.78 is 4.96. The van der Waals surface area contributed by atoms with E-state index >= 15 is 0 Å². The van der Waals surface area contributed by atoms with Crippen LogP contribution in [0, 0.1) is 10.1 Å². The molecule has 112 valence electrons. The van der Waals surface area contributed by atoms with Gasteiger partial charge in [-0.1, -0.05) is 6.07 Å². The molecule has 0 fully saturated rings. The summed E-state index contributed by atoms with van der Waals surface area (Å²) >= 11 is 0. The average molecular weight is 301 g/mol. The highest BCUT2D eigenvalue weighted by Gasteiger charge is 2.09. The topological polar surface area (TPSA) is 125 Å². The zero-order valence-electron chi connectivity index (χ0n) is 11.2. The number of nitrogens with two attached hydrogens (primary N) is 1. The van der Waals surface area contributed by atoms with Crippen LogP contribution < -0.4 is 15.8 Å². The van der Waals surface area contributed by atoms with Crippen molar-refractivity contribution in [3.63, 3.8) is 0 Å². The zero-order valence-corrected chi connectivity index (χ0v) is 11.2. The summed E-state index contributed by atoms with van der Waals surface area (Å²) in [6, 6.07) is 11.1. The first-order chi connectivity index (χ1) is 10.5. The molecule has 0 saturated carbocycles. The van der Waals surface area contributed by atoms with Gasteiger partial charge in [-0.3, -0.25) is 20.2 Å². The molecular weight excluding hydrogens is 290 g/mol. The molecule has 2 aromatic carbocycles. The van der Waals surface area contributed by atoms with E-state index in [9.17, 15) is 19.7 Å². The molecule has 0 bridgehead atoms. The minimum absolute atomic E-state index is 0.109. The number of nitrogens with one attached hydrogen (secondary N) is 1. The van der Waals surface area contributed by atoms with Crippen LogP contribution in [0.2, 0.25) is 0 Å². The number of nitro benzene ring substituents is 1. The summed E-state index contributed by atoms with van der Waals surface area (Å²) in [4.78, 5) is 32.7. The van der Waals surface area contributed by atoms with Gasteiger partial charge in [0.1, 0.15) is 5.75 Å². The largest absolute Gasteiger partial charge is 0.417 e. The van der Waals surface area contributed by atoms with E-state index in [0.717, 1.165) is 0 Å². The maximum Gasteiger partial charge on any atom is 0.417 e. The number of hydrogen-bond acceptors (Lipinski definition) is 5. The van der Waals surface area contributed by atoms with Crippen molar-refractivity contribution in [2.75, 3.05) is 5.32 Å². The lowest BCUT2D eigenvalue weighted by molar-refractivity contribution is -0.384. The van der Waals surface area contributed by atoms with E-state index in [-0.39, 0.29) is 17.0 Å². The zero-order chi connectivity index (χ0) is 16.1. The first kappa shape index (κ1) is 15.0. The van der Waals surface area contributed by atoms with E-state index in [4.69, 9.17) is 10.5 Å². The van der Waals surface area contributed by atoms with Crippen LogP contribution in [-0.2, 0) is 0 Å². The van der Waals surface area contributed by atoms with Gasteiger partial charge in [0.2, 0.25) is 5.91 Å². The highest BCUT2D eigenvalue weighted by atomic mass is 16.6. The number of carbonyl (C=O) groups excluding carboxylic acids is 2. The Bertz CT molecular complexity index is 728. The number of carbonyl (C=O) groups is 2. The Morgan fingerprint density at radius 1 is 1.14 bits per heavy atom. The molecular formula is C14H11N3O5. The number of rotatable bonds is 4. The van der Waals surface area contributed by atoms with Crippen LogP contribution in [-0.4, -0.2) is 16.9 Å². The fourth-order valence-electron chi connectivity index (χ4n) is 1.64. The first-order valence-corrected chi connectivity index (χ1v) is 6.09. The molecule has 0 aromatic heterocycles. The minimum Gasteiger partial charge on any atom is -0.410 e. The molecule has 8 heteroatoms. The van der Waals surface area contributed by atoms with Gasteiger partial charge in [0.25, 0.3) is 5.69 Å². The number of nitro groups is 1. The Morgan fingerprint density at radius 2 is 1.82 bits per heavy atom. The smallest absolute Gasteiger partial charge is 0.410 e. The van der Waals surface area contributed by atoms with Crippen molar-refractivity contribution in [3.05, 3.63) is 64.2 Å². The molecule has 0 unspecified atom stereocenters. The van der Waals surface area contributed by atoms with Crippen molar-refractivity contribution < 1.29 is 19.2 Å². The van der Waals surface area contributed by atoms with Gasteiger partial charge in [0.15, 0.2) is 0 Å². The lowest BCUT2D eigenvalue weighted by atomic mass is 10.2. The van der Waals surface area contributed by atoms with Crippen molar-refractivity contribution in [1.82, 2.24) is 0 Å². The second-order valence-electron chi connectivity index (χ2n) is 4.21. The summed E-state index contributed by atoms with van der Waals surface area (Å²) in [5.41, 5.74) is 5.61. The number of nitrogens with zero attached hydrogens (tertiary/aromatic N) is 1. The third kappa shape index (κ3) is 3.79. The Morgan fingerprint density at radius 3 is 2.41 bits per heavy atom. The Hall–Kier alpha value is -3.42. The standard InChI is InChI=1S/C14H11N3O5/c15-13(18)9-2-1-3-10(8-9)16-14(19)22-12-6-4-11(5-7-12)17(20)21/h1-8H,(H2,15,18)(H,16,19). The van der Waals surface area contributed by atoms with Gasteiger partial charge in [-0.25, -0.2) is 4.79 Å². The lowest BCUT2D eigenvalue weighted by Gasteiger charge is -2.07. The van der Waals surface area contributed by atoms with Gasteiger partial charge < -0.3 is 10.5 Å². The summed E-state index contributed by atoms with van der Waals surface area (Å²) in [7, 11) is 0. The molecule has 0 heterocycles. The number of hydrogen-bond donors (Lipinski definition) is 2. The first-order valence-electron chi connectivity index (χ1n) is 6.09. The molecule has 0 aliphatic rings. The van der Waals surface area contributed by atoms with E-state index in [2.05, 4.69) is 5.32 Å². The maximum absolute atomic E-state index is 11.7. The summed E-state index contributed by atoms with van der Waals surface area (Å²) in [5, 5.41) is 12.9. The van der Waals surface area contributed by atoms with E-state index < -0.39 is 16.9 Å². The molecule has 0 aliphatic heterocycles. The number of primary amides is 1. The second kappa shape index (κ2) is 6.35. The summed E-state index contributed by atoms with van der Waals surface area (Å²) in [6.07, 6.45) is -0.796. The molecule has 2 aromatic rings. The van der Waals surface area contributed by atoms with E-state index in [1.165, 1.54) is 36.4 Å². The Labute approximate surface area is 124 Å². The van der Waals surface area contributed by atoms with Crippen molar-refractivity contribution in [2.24, 2.45) is 5.73 Å². The van der Waals surface area contributed by atoms with Gasteiger partial charge >= 0.3 is 6.09 Å². The van der Waals surface area contributed by atoms with Crippen LogP contribution in [0.5, 0.6) is 5.75 Å². The van der Waals surface area contributed by atoms with Gasteiger partial charge in [-0.2, -0.15) is 0 Å². The van der Waals surface area contributed by atoms with Crippen LogP contribution in [0.1, 0.15) is 10.4 Å². The van der Waals surface area contributed by atoms with Crippen molar-refractivity contribution in [3.8, 4) is 5.75 Å². The fraction of sp³-hybridized carbons (Fsp3) is 0. The minimum atomic E-state index is -0.796. The maximum atomic E-state index is 11.7. The molecule has 0 radical (unpaired) electrons. The van der Waals surface area contributed by atoms with Crippen molar-refractivity contribution in [1.29, 1.82) is 0 Å². The molecule has 0 saturated heterocycles. The molecule has 3 N–H and O–H groups in total. The Kier molecular flexibility index (Phi) is 4.33. The molecule has 2 amide bonds. The molecule has 22 heavy (non-hydrogen) atoms. The SMILES string of the molecule is NC(=O)c1cccc(NC(=O)Oc2ccc([N+](=O)[O-])cc2)c1. The van der Waals surface area contributed by atoms with Crippen LogP contribution in [0.3, 0.4) is 0 Å². The van der Waals surface area contributed by atoms with Crippen LogP contribution >= 0.6 is 0 Å². The quantitative estimate of drug-likeness (QED) is 0.662. The Balaban J connectivity index is 2.02. The highest BCUT2D eigenvalue weighted by molar-refractivity contribution is 5.95. The molecule has 8 nitrogen and oxygen atoms in total. The number of non-ortho nitro benzene ring substituents is 1. The number of anilines is 1. The average Bonchev–Trinajstić information content (AvgIpc) is 2.47. The number of benzene rings is 2. The van der Waals surface area contributed by atoms with E-state index in [0.29, 0.717) is 5.69 Å². The number of amides is 2. The lowest BCUT2D eigenvalue weighted by Crippen LogP contribution is -2.17. The van der Waals surface area contributed by atoms with Gasteiger partial charge in [-0.05, 0) is 30.3 Å². The third-order valence-corrected chi connectivity index (χ3v) is 2.65. The van der Waals surface area contributed by atoms with E-state index in [1.807, 2.05) is 0 Å². The third-order valence-electron chi connectivity index (χ3n) is 2.65. The normalized spacial score (nSPS) is 9.82. The van der Waals surface area contributed by atoms with Gasteiger partial charge in [0, 0.05) is 23.4 Å². The predicted molar refractivity (Wildman–Crippen MR) is 77.7 cm³/mol. The van der Waals surface area contributed by atoms with E-state index in [1.54, 1.807) is 12.1 Å². The molecule has 0 aliphatic carbocycles. The molecule has 0 spiro atoms. The molecule has 0 atom stereocenters. The second-order valence-corrected chi connectivity index (χ2v) is 4.21. The number of ether oxygens (including phenoxy) is 1. The monoisotopic (exact) mass is 301 g/mol. The van der Waals surface area contributed by atoms with Crippen molar-refractivity contribution in [2.45, 2.75) is 0 Å². The van der Waals surface area contributed by atoms with Gasteiger partial charge in [0.05, 0.1) is 4.92 Å². The van der Waals surface area contributed by atoms with Crippen LogP contribution in [0.4, 0.5) is 16.2 Å². The molecule has 2 rings (SSSR count). The highest BCUT2D eigenvalue weighted by Crippen LogP contribution is 2.18. The summed E-state index contributed by atoms with van der Waals surface area (Å²) in [6.45, 7) is 0. The summed E-state index contributed by atoms with van der Waals surface area (Å²) in [5.74, 6) is -0.471. The predicted octanol–water partition coefficient (Wildman–Crippen LogP) is 2.30. The van der Waals surface area contributed by atoms with Crippen LogP contribution in [0.15, 0.2) is 48.5 Å². The van der Waals surface area contributed by atoms with Crippen LogP contribution in [0.25, 0.3) is 0 Å². The fourth-order valence-corrected chi connectivity index (χ4v) is 1.64.